The van der Waals surface area contributed by atoms with Gasteiger partial charge in [-0.15, -0.1) is 0 Å². The van der Waals surface area contributed by atoms with Crippen LogP contribution in [0.25, 0.3) is 0 Å². The minimum Gasteiger partial charge on any atom is -0.462 e. The van der Waals surface area contributed by atoms with E-state index in [2.05, 4.69) is 27.0 Å². The van der Waals surface area contributed by atoms with Gasteiger partial charge in [0.2, 0.25) is 11.8 Å². The third-order valence-electron chi connectivity index (χ3n) is 7.92. The summed E-state index contributed by atoms with van der Waals surface area (Å²) in [6.07, 6.45) is -4.34. The highest BCUT2D eigenvalue weighted by Gasteiger charge is 2.35. The fourth-order valence-corrected chi connectivity index (χ4v) is 5.08. The van der Waals surface area contributed by atoms with Gasteiger partial charge in [-0.1, -0.05) is 24.3 Å². The number of carbonyl (C=O) groups excluding carboxylic acids is 3. The van der Waals surface area contributed by atoms with Crippen LogP contribution in [0.1, 0.15) is 73.1 Å². The second kappa shape index (κ2) is 15.5. The Balaban J connectivity index is 1.42. The number of benzene rings is 2. The third kappa shape index (κ3) is 10.0. The number of rotatable bonds is 13. The summed E-state index contributed by atoms with van der Waals surface area (Å²) in [6, 6.07) is 16.5. The first-order valence-corrected chi connectivity index (χ1v) is 15.6. The second-order valence-corrected chi connectivity index (χ2v) is 12.2. The maximum Gasteiger partial charge on any atom is 0.417 e. The van der Waals surface area contributed by atoms with Gasteiger partial charge in [0.05, 0.1) is 23.7 Å². The molecular formula is C35H38F3N5O6. The molecule has 11 nitrogen and oxygen atoms in total. The van der Waals surface area contributed by atoms with E-state index in [1.54, 1.807) is 63.2 Å². The van der Waals surface area contributed by atoms with Crippen molar-refractivity contribution in [1.29, 1.82) is 5.26 Å². The average Bonchev–Trinajstić information content (AvgIpc) is 3.04. The monoisotopic (exact) mass is 681 g/mol. The highest BCUT2D eigenvalue weighted by Crippen LogP contribution is 2.30. The van der Waals surface area contributed by atoms with Crippen LogP contribution in [0, 0.1) is 11.3 Å². The number of hydrogen-bond acceptors (Lipinski definition) is 8. The molecule has 260 valence electrons. The fourth-order valence-electron chi connectivity index (χ4n) is 5.08. The molecule has 3 aromatic rings. The van der Waals surface area contributed by atoms with E-state index < -0.39 is 47.5 Å². The lowest BCUT2D eigenvalue weighted by Gasteiger charge is -2.33. The van der Waals surface area contributed by atoms with Crippen LogP contribution >= 0.6 is 0 Å². The molecule has 1 saturated heterocycles. The fraction of sp³-hybridized carbons (Fsp3) is 0.400. The Kier molecular flexibility index (Phi) is 11.6. The van der Waals surface area contributed by atoms with Crippen LogP contribution in [-0.4, -0.2) is 59.5 Å². The van der Waals surface area contributed by atoms with Crippen molar-refractivity contribution in [1.82, 2.24) is 20.9 Å². The van der Waals surface area contributed by atoms with Gasteiger partial charge in [-0.25, -0.2) is 4.98 Å². The number of nitrogens with one attached hydrogen (secondary N) is 3. The number of aromatic nitrogens is 1. The summed E-state index contributed by atoms with van der Waals surface area (Å²) in [5, 5.41) is 17.8. The quantitative estimate of drug-likeness (QED) is 0.237. The normalized spacial score (nSPS) is 17.8. The Morgan fingerprint density at radius 2 is 1.71 bits per heavy atom. The molecule has 14 heteroatoms. The molecular weight excluding hydrogens is 643 g/mol. The van der Waals surface area contributed by atoms with Crippen LogP contribution in [0.3, 0.4) is 0 Å². The topological polar surface area (TPSA) is 152 Å². The average molecular weight is 682 g/mol. The molecule has 1 fully saturated rings. The van der Waals surface area contributed by atoms with E-state index >= 15 is 0 Å². The van der Waals surface area contributed by atoms with E-state index in [-0.39, 0.29) is 30.5 Å². The maximum absolute atomic E-state index is 13.4. The summed E-state index contributed by atoms with van der Waals surface area (Å²) in [5.74, 6) is -1.85. The van der Waals surface area contributed by atoms with Gasteiger partial charge in [0.15, 0.2) is 18.2 Å². The molecule has 1 aromatic heterocycles. The van der Waals surface area contributed by atoms with Crippen LogP contribution in [0.2, 0.25) is 0 Å². The molecule has 2 heterocycles. The smallest absolute Gasteiger partial charge is 0.417 e. The van der Waals surface area contributed by atoms with Crippen molar-refractivity contribution >= 4 is 17.7 Å². The van der Waals surface area contributed by atoms with E-state index in [0.29, 0.717) is 23.7 Å². The zero-order valence-corrected chi connectivity index (χ0v) is 27.6. The van der Waals surface area contributed by atoms with Crippen LogP contribution in [0.15, 0.2) is 66.9 Å². The predicted molar refractivity (Wildman–Crippen MR) is 171 cm³/mol. The number of nitrogens with zero attached hydrogens (tertiary/aromatic N) is 2. The van der Waals surface area contributed by atoms with E-state index in [4.69, 9.17) is 14.2 Å². The SMILES string of the molecule is CC1OC(CNC(=O)C(C)NC(=O)c2ccc(CC(c3cccc(C#N)c3)C(C)NC(=O)C(C)(C)Oc3ccc(C(F)(F)F)cn3)cc2)O1. The summed E-state index contributed by atoms with van der Waals surface area (Å²) in [5.41, 5.74) is -0.0577. The molecule has 49 heavy (non-hydrogen) atoms. The molecule has 0 aliphatic carbocycles. The number of alkyl halides is 3. The maximum atomic E-state index is 13.4. The van der Waals surface area contributed by atoms with Crippen molar-refractivity contribution in [3.63, 3.8) is 0 Å². The molecule has 0 saturated carbocycles. The summed E-state index contributed by atoms with van der Waals surface area (Å²) >= 11 is 0. The van der Waals surface area contributed by atoms with Gasteiger partial charge in [-0.05, 0) is 82.5 Å². The van der Waals surface area contributed by atoms with Crippen LogP contribution < -0.4 is 20.7 Å². The Hall–Kier alpha value is -5.00. The van der Waals surface area contributed by atoms with Crippen molar-refractivity contribution in [3.05, 3.63) is 94.7 Å². The standard InChI is InChI=1S/C35H38F3N5O6/c1-20(43-33(46)34(4,5)49-29-14-13-27(18-40-29)35(36,37)38)28(26-8-6-7-24(15-26)17-39)16-23-9-11-25(12-10-23)32(45)42-21(2)31(44)41-19-30-47-22(3)48-30/h6-15,18,20-22,28,30H,16,19H2,1-5H3,(H,41,44)(H,42,45)(H,43,46). The lowest BCUT2D eigenvalue weighted by atomic mass is 9.85. The van der Waals surface area contributed by atoms with Crippen LogP contribution in [0.4, 0.5) is 13.2 Å². The molecule has 4 rings (SSSR count). The zero-order valence-electron chi connectivity index (χ0n) is 27.6. The van der Waals surface area contributed by atoms with E-state index in [1.165, 1.54) is 13.8 Å². The molecule has 3 N–H and O–H groups in total. The third-order valence-corrected chi connectivity index (χ3v) is 7.92. The molecule has 0 radical (unpaired) electrons. The number of carbonyl (C=O) groups is 3. The Labute approximate surface area is 282 Å². The number of ether oxygens (including phenoxy) is 3. The van der Waals surface area contributed by atoms with E-state index in [9.17, 15) is 32.8 Å². The molecule has 0 bridgehead atoms. The molecule has 0 spiro atoms. The molecule has 1 aliphatic rings. The predicted octanol–water partition coefficient (Wildman–Crippen LogP) is 4.61. The van der Waals surface area contributed by atoms with Crippen molar-refractivity contribution in [2.75, 3.05) is 6.54 Å². The molecule has 3 atom stereocenters. The number of amides is 3. The van der Waals surface area contributed by atoms with Crippen molar-refractivity contribution < 1.29 is 41.8 Å². The summed E-state index contributed by atoms with van der Waals surface area (Å²) < 4.78 is 55.1. The summed E-state index contributed by atoms with van der Waals surface area (Å²) in [4.78, 5) is 42.4. The van der Waals surface area contributed by atoms with Crippen molar-refractivity contribution in [2.45, 2.75) is 83.4 Å². The largest absolute Gasteiger partial charge is 0.462 e. The lowest BCUT2D eigenvalue weighted by molar-refractivity contribution is -0.372. The lowest BCUT2D eigenvalue weighted by Crippen LogP contribution is -2.51. The van der Waals surface area contributed by atoms with Gasteiger partial charge < -0.3 is 30.2 Å². The number of halogens is 3. The summed E-state index contributed by atoms with van der Waals surface area (Å²) in [6.45, 7) is 8.22. The van der Waals surface area contributed by atoms with Crippen molar-refractivity contribution in [3.8, 4) is 11.9 Å². The number of nitriles is 1. The summed E-state index contributed by atoms with van der Waals surface area (Å²) in [7, 11) is 0. The minimum atomic E-state index is -4.56. The van der Waals surface area contributed by atoms with Crippen LogP contribution in [0.5, 0.6) is 5.88 Å². The first-order chi connectivity index (χ1) is 23.0. The van der Waals surface area contributed by atoms with Gasteiger partial charge in [0.1, 0.15) is 6.04 Å². The molecule has 2 aromatic carbocycles. The van der Waals surface area contributed by atoms with Crippen LogP contribution in [-0.2, 0) is 31.7 Å². The first-order valence-electron chi connectivity index (χ1n) is 15.6. The van der Waals surface area contributed by atoms with Gasteiger partial charge in [0.25, 0.3) is 11.8 Å². The van der Waals surface area contributed by atoms with E-state index in [1.807, 2.05) is 6.07 Å². The molecule has 1 aliphatic heterocycles. The molecule has 3 unspecified atom stereocenters. The Morgan fingerprint density at radius 3 is 2.31 bits per heavy atom. The highest BCUT2D eigenvalue weighted by atomic mass is 19.4. The minimum absolute atomic E-state index is 0.147. The van der Waals surface area contributed by atoms with Crippen molar-refractivity contribution in [2.24, 2.45) is 0 Å². The van der Waals surface area contributed by atoms with E-state index in [0.717, 1.165) is 23.3 Å². The van der Waals surface area contributed by atoms with Gasteiger partial charge >= 0.3 is 6.18 Å². The first kappa shape index (κ1) is 36.8. The number of hydrogen-bond donors (Lipinski definition) is 3. The zero-order chi connectivity index (χ0) is 35.9. The van der Waals surface area contributed by atoms with Gasteiger partial charge in [-0.3, -0.25) is 14.4 Å². The number of pyridine rings is 1. The van der Waals surface area contributed by atoms with Gasteiger partial charge in [-0.2, -0.15) is 18.4 Å². The Morgan fingerprint density at radius 1 is 1.02 bits per heavy atom. The highest BCUT2D eigenvalue weighted by molar-refractivity contribution is 5.97. The van der Waals surface area contributed by atoms with Gasteiger partial charge in [0, 0.05) is 29.8 Å². The Bertz CT molecular complexity index is 1670. The molecule has 3 amide bonds. The second-order valence-electron chi connectivity index (χ2n) is 12.2.